The van der Waals surface area contributed by atoms with Gasteiger partial charge in [0.2, 0.25) is 0 Å². The maximum Gasteiger partial charge on any atom is 0.129 e. The summed E-state index contributed by atoms with van der Waals surface area (Å²) in [4.78, 5) is 11.0. The molecule has 0 amide bonds. The number of ketones is 1. The van der Waals surface area contributed by atoms with Crippen molar-refractivity contribution < 1.29 is 4.79 Å². The first-order valence-corrected chi connectivity index (χ1v) is 6.85. The Hall–Kier alpha value is -1.15. The van der Waals surface area contributed by atoms with E-state index in [9.17, 15) is 4.79 Å². The average Bonchev–Trinajstić information content (AvgIpc) is 2.39. The largest absolute Gasteiger partial charge is 0.313 e. The predicted molar refractivity (Wildman–Crippen MR) is 76.9 cm³/mol. The number of nitrogens with one attached hydrogen (secondary N) is 1. The van der Waals surface area contributed by atoms with Gasteiger partial charge >= 0.3 is 0 Å². The van der Waals surface area contributed by atoms with Gasteiger partial charge in [-0.25, -0.2) is 0 Å². The summed E-state index contributed by atoms with van der Waals surface area (Å²) in [6, 6.07) is 9.06. The normalized spacial score (nSPS) is 14.2. The van der Waals surface area contributed by atoms with Gasteiger partial charge in [-0.2, -0.15) is 0 Å². The molecular weight excluding hydrogens is 222 g/mol. The highest BCUT2D eigenvalue weighted by Crippen LogP contribution is 2.23. The molecule has 0 radical (unpaired) electrons. The quantitative estimate of drug-likeness (QED) is 0.793. The van der Waals surface area contributed by atoms with Crippen molar-refractivity contribution in [3.05, 3.63) is 35.4 Å². The number of carbonyl (C=O) groups excluding carboxylic acids is 1. The molecule has 2 nitrogen and oxygen atoms in total. The lowest BCUT2D eigenvalue weighted by atomic mass is 9.94. The minimum absolute atomic E-state index is 0.256. The molecule has 0 aliphatic carbocycles. The number of carbonyl (C=O) groups is 1. The first-order chi connectivity index (χ1) is 8.58. The van der Waals surface area contributed by atoms with Crippen LogP contribution < -0.4 is 5.32 Å². The molecule has 0 aliphatic heterocycles. The summed E-state index contributed by atoms with van der Waals surface area (Å²) in [5.41, 5.74) is 2.66. The molecule has 0 bridgehead atoms. The van der Waals surface area contributed by atoms with E-state index in [1.54, 1.807) is 6.92 Å². The minimum Gasteiger partial charge on any atom is -0.313 e. The Morgan fingerprint density at radius 1 is 1.22 bits per heavy atom. The van der Waals surface area contributed by atoms with Gasteiger partial charge in [0, 0.05) is 12.5 Å². The third kappa shape index (κ3) is 4.26. The van der Waals surface area contributed by atoms with Crippen molar-refractivity contribution in [1.82, 2.24) is 5.32 Å². The summed E-state index contributed by atoms with van der Waals surface area (Å²) in [6.07, 6.45) is 2.67. The van der Waals surface area contributed by atoms with Crippen LogP contribution in [-0.2, 0) is 4.79 Å². The van der Waals surface area contributed by atoms with Crippen LogP contribution in [0.25, 0.3) is 0 Å². The summed E-state index contributed by atoms with van der Waals surface area (Å²) < 4.78 is 0. The second kappa shape index (κ2) is 7.32. The van der Waals surface area contributed by atoms with Crippen LogP contribution in [-0.4, -0.2) is 12.8 Å². The zero-order valence-electron chi connectivity index (χ0n) is 12.0. The number of Topliss-reactive ketones (excluding diaryl/α,β-unsaturated/α-hetero) is 1. The van der Waals surface area contributed by atoms with Crippen molar-refractivity contribution in [2.24, 2.45) is 0 Å². The molecule has 0 fully saturated rings. The van der Waals surface area contributed by atoms with E-state index in [1.165, 1.54) is 17.5 Å². The second-order valence-electron chi connectivity index (χ2n) is 5.06. The van der Waals surface area contributed by atoms with Gasteiger partial charge in [-0.1, -0.05) is 38.1 Å². The minimum atomic E-state index is 0.256. The first kappa shape index (κ1) is 14.9. The standard InChI is InChI=1S/C16H25NO/c1-5-12(2)14-7-9-15(10-8-14)16(17-4)11-6-13(3)18/h7-10,12,16-17H,5-6,11H2,1-4H3. The molecule has 0 spiro atoms. The van der Waals surface area contributed by atoms with Crippen LogP contribution in [0.1, 0.15) is 63.1 Å². The average molecular weight is 247 g/mol. The topological polar surface area (TPSA) is 29.1 Å². The van der Waals surface area contributed by atoms with Gasteiger partial charge in [0.05, 0.1) is 0 Å². The highest BCUT2D eigenvalue weighted by Gasteiger charge is 2.11. The van der Waals surface area contributed by atoms with E-state index < -0.39 is 0 Å². The molecule has 2 heteroatoms. The molecule has 0 heterocycles. The van der Waals surface area contributed by atoms with Crippen molar-refractivity contribution in [2.45, 2.75) is 52.0 Å². The van der Waals surface area contributed by atoms with Gasteiger partial charge in [0.1, 0.15) is 5.78 Å². The summed E-state index contributed by atoms with van der Waals surface area (Å²) >= 11 is 0. The van der Waals surface area contributed by atoms with E-state index >= 15 is 0 Å². The Morgan fingerprint density at radius 3 is 2.22 bits per heavy atom. The molecule has 2 unspecified atom stereocenters. The van der Waals surface area contributed by atoms with Crippen molar-refractivity contribution in [3.63, 3.8) is 0 Å². The molecule has 0 saturated heterocycles. The maximum absolute atomic E-state index is 11.0. The van der Waals surface area contributed by atoms with Crippen LogP contribution in [0.5, 0.6) is 0 Å². The van der Waals surface area contributed by atoms with E-state index in [1.807, 2.05) is 7.05 Å². The van der Waals surface area contributed by atoms with Crippen LogP contribution in [0.4, 0.5) is 0 Å². The zero-order chi connectivity index (χ0) is 13.5. The predicted octanol–water partition coefficient (Wildman–Crippen LogP) is 3.83. The number of rotatable bonds is 7. The lowest BCUT2D eigenvalue weighted by Gasteiger charge is -2.17. The summed E-state index contributed by atoms with van der Waals surface area (Å²) in [7, 11) is 1.95. The fourth-order valence-electron chi connectivity index (χ4n) is 2.12. The number of hydrogen-bond donors (Lipinski definition) is 1. The molecule has 0 saturated carbocycles. The second-order valence-corrected chi connectivity index (χ2v) is 5.06. The summed E-state index contributed by atoms with van der Waals surface area (Å²) in [6.45, 7) is 6.11. The first-order valence-electron chi connectivity index (χ1n) is 6.85. The zero-order valence-corrected chi connectivity index (χ0v) is 12.0. The molecule has 2 atom stereocenters. The summed E-state index contributed by atoms with van der Waals surface area (Å²) in [5, 5.41) is 3.28. The molecule has 1 aromatic rings. The van der Waals surface area contributed by atoms with Gasteiger partial charge in [-0.15, -0.1) is 0 Å². The molecule has 100 valence electrons. The van der Waals surface area contributed by atoms with Crippen LogP contribution in [0.3, 0.4) is 0 Å². The van der Waals surface area contributed by atoms with E-state index in [0.717, 1.165) is 6.42 Å². The van der Waals surface area contributed by atoms with Crippen molar-refractivity contribution in [1.29, 1.82) is 0 Å². The van der Waals surface area contributed by atoms with Crippen LogP contribution >= 0.6 is 0 Å². The van der Waals surface area contributed by atoms with E-state index in [2.05, 4.69) is 43.4 Å². The molecule has 1 aromatic carbocycles. The highest BCUT2D eigenvalue weighted by atomic mass is 16.1. The molecule has 0 aromatic heterocycles. The third-order valence-electron chi connectivity index (χ3n) is 3.65. The Labute approximate surface area is 111 Å². The van der Waals surface area contributed by atoms with Crippen molar-refractivity contribution in [3.8, 4) is 0 Å². The van der Waals surface area contributed by atoms with Crippen molar-refractivity contribution >= 4 is 5.78 Å². The van der Waals surface area contributed by atoms with Crippen molar-refractivity contribution in [2.75, 3.05) is 7.05 Å². The molecule has 1 N–H and O–H groups in total. The fourth-order valence-corrected chi connectivity index (χ4v) is 2.12. The molecule has 18 heavy (non-hydrogen) atoms. The lowest BCUT2D eigenvalue weighted by molar-refractivity contribution is -0.117. The monoisotopic (exact) mass is 247 g/mol. The molecular formula is C16H25NO. The Kier molecular flexibility index (Phi) is 6.06. The van der Waals surface area contributed by atoms with Gasteiger partial charge in [0.15, 0.2) is 0 Å². The van der Waals surface area contributed by atoms with Gasteiger partial charge in [0.25, 0.3) is 0 Å². The van der Waals surface area contributed by atoms with Crippen LogP contribution in [0, 0.1) is 0 Å². The smallest absolute Gasteiger partial charge is 0.129 e. The summed E-state index contributed by atoms with van der Waals surface area (Å²) in [5.74, 6) is 0.871. The van der Waals surface area contributed by atoms with Gasteiger partial charge in [-0.05, 0) is 43.9 Å². The Balaban J connectivity index is 2.72. The maximum atomic E-state index is 11.0. The SMILES string of the molecule is CCC(C)c1ccc(C(CCC(C)=O)NC)cc1. The third-order valence-corrected chi connectivity index (χ3v) is 3.65. The lowest BCUT2D eigenvalue weighted by Crippen LogP contribution is -2.17. The number of benzene rings is 1. The van der Waals surface area contributed by atoms with E-state index in [0.29, 0.717) is 12.3 Å². The Bertz CT molecular complexity index is 369. The van der Waals surface area contributed by atoms with Gasteiger partial charge in [-0.3, -0.25) is 0 Å². The van der Waals surface area contributed by atoms with Gasteiger partial charge < -0.3 is 10.1 Å². The van der Waals surface area contributed by atoms with E-state index in [-0.39, 0.29) is 11.8 Å². The Morgan fingerprint density at radius 2 is 1.78 bits per heavy atom. The fraction of sp³-hybridized carbons (Fsp3) is 0.562. The highest BCUT2D eigenvalue weighted by molar-refractivity contribution is 5.75. The van der Waals surface area contributed by atoms with E-state index in [4.69, 9.17) is 0 Å². The molecule has 0 aliphatic rings. The number of hydrogen-bond acceptors (Lipinski definition) is 2. The van der Waals surface area contributed by atoms with Crippen LogP contribution in [0.2, 0.25) is 0 Å². The van der Waals surface area contributed by atoms with Crippen LogP contribution in [0.15, 0.2) is 24.3 Å². The molecule has 1 rings (SSSR count).